The molecule has 1 N–H and O–H groups in total. The number of para-hydroxylation sites is 2. The monoisotopic (exact) mass is 284 g/mol. The molecule has 0 unspecified atom stereocenters. The molecule has 2 aromatic rings. The number of nitriles is 1. The molecule has 0 bridgehead atoms. The zero-order valence-corrected chi connectivity index (χ0v) is 11.4. The lowest BCUT2D eigenvalue weighted by molar-refractivity contribution is -0.114. The van der Waals surface area contributed by atoms with E-state index in [2.05, 4.69) is 5.32 Å². The first-order valence-electron chi connectivity index (χ1n) is 6.28. The second-order valence-corrected chi connectivity index (χ2v) is 4.38. The van der Waals surface area contributed by atoms with Crippen molar-refractivity contribution in [1.82, 2.24) is 0 Å². The quantitative estimate of drug-likeness (QED) is 0.937. The third-order valence-corrected chi connectivity index (χ3v) is 2.76. The summed E-state index contributed by atoms with van der Waals surface area (Å²) in [6.07, 6.45) is 0. The minimum Gasteiger partial charge on any atom is -0.487 e. The van der Waals surface area contributed by atoms with E-state index < -0.39 is 5.82 Å². The lowest BCUT2D eigenvalue weighted by Crippen LogP contribution is -2.08. The van der Waals surface area contributed by atoms with E-state index in [-0.39, 0.29) is 18.1 Å². The average molecular weight is 284 g/mol. The second-order valence-electron chi connectivity index (χ2n) is 4.38. The number of halogens is 1. The van der Waals surface area contributed by atoms with Gasteiger partial charge in [0.2, 0.25) is 5.91 Å². The smallest absolute Gasteiger partial charge is 0.221 e. The molecule has 0 saturated heterocycles. The topological polar surface area (TPSA) is 62.1 Å². The number of amides is 1. The first-order chi connectivity index (χ1) is 10.1. The molecule has 0 aliphatic carbocycles. The molecule has 106 valence electrons. The van der Waals surface area contributed by atoms with Gasteiger partial charge >= 0.3 is 0 Å². The summed E-state index contributed by atoms with van der Waals surface area (Å²) in [5.74, 6) is -0.218. The minimum atomic E-state index is -0.439. The minimum absolute atomic E-state index is 0.0298. The van der Waals surface area contributed by atoms with Crippen LogP contribution in [0.15, 0.2) is 42.5 Å². The van der Waals surface area contributed by atoms with Gasteiger partial charge in [-0.2, -0.15) is 5.26 Å². The van der Waals surface area contributed by atoms with E-state index in [4.69, 9.17) is 10.00 Å². The summed E-state index contributed by atoms with van der Waals surface area (Å²) in [4.78, 5) is 11.1. The third-order valence-electron chi connectivity index (χ3n) is 2.76. The number of hydrogen-bond acceptors (Lipinski definition) is 3. The molecule has 0 spiro atoms. The first-order valence-corrected chi connectivity index (χ1v) is 6.28. The molecular formula is C16H13FN2O2. The highest BCUT2D eigenvalue weighted by Gasteiger charge is 2.08. The van der Waals surface area contributed by atoms with Crippen LogP contribution in [-0.4, -0.2) is 5.91 Å². The molecule has 1 amide bonds. The normalized spacial score (nSPS) is 9.76. The Bertz CT molecular complexity index is 708. The van der Waals surface area contributed by atoms with Gasteiger partial charge in [-0.05, 0) is 30.3 Å². The summed E-state index contributed by atoms with van der Waals surface area (Å²) < 4.78 is 19.2. The Morgan fingerprint density at radius 1 is 1.33 bits per heavy atom. The van der Waals surface area contributed by atoms with E-state index in [1.54, 1.807) is 24.3 Å². The van der Waals surface area contributed by atoms with Crippen molar-refractivity contribution < 1.29 is 13.9 Å². The number of carbonyl (C=O) groups is 1. The SMILES string of the molecule is CC(=O)Nc1ccccc1OCc1cc(C#N)ccc1F. The van der Waals surface area contributed by atoms with Gasteiger partial charge in [-0.1, -0.05) is 12.1 Å². The molecule has 0 aliphatic rings. The fraction of sp³-hybridized carbons (Fsp3) is 0.125. The Morgan fingerprint density at radius 3 is 2.81 bits per heavy atom. The molecule has 0 saturated carbocycles. The zero-order valence-electron chi connectivity index (χ0n) is 11.4. The van der Waals surface area contributed by atoms with Gasteiger partial charge in [0, 0.05) is 12.5 Å². The van der Waals surface area contributed by atoms with E-state index in [1.807, 2.05) is 6.07 Å². The summed E-state index contributed by atoms with van der Waals surface area (Å²) in [6, 6.07) is 12.9. The largest absolute Gasteiger partial charge is 0.487 e. The highest BCUT2D eigenvalue weighted by atomic mass is 19.1. The summed E-state index contributed by atoms with van der Waals surface area (Å²) in [7, 11) is 0. The highest BCUT2D eigenvalue weighted by molar-refractivity contribution is 5.90. The number of benzene rings is 2. The van der Waals surface area contributed by atoms with Crippen molar-refractivity contribution >= 4 is 11.6 Å². The van der Waals surface area contributed by atoms with Gasteiger partial charge in [-0.25, -0.2) is 4.39 Å². The number of anilines is 1. The predicted molar refractivity (Wildman–Crippen MR) is 76.2 cm³/mol. The molecule has 0 heterocycles. The second kappa shape index (κ2) is 6.53. The lowest BCUT2D eigenvalue weighted by Gasteiger charge is -2.12. The van der Waals surface area contributed by atoms with Crippen molar-refractivity contribution in [2.45, 2.75) is 13.5 Å². The molecule has 0 atom stereocenters. The van der Waals surface area contributed by atoms with Gasteiger partial charge in [-0.3, -0.25) is 4.79 Å². The van der Waals surface area contributed by atoms with Crippen LogP contribution in [0.3, 0.4) is 0 Å². The predicted octanol–water partition coefficient (Wildman–Crippen LogP) is 3.23. The Hall–Kier alpha value is -2.87. The lowest BCUT2D eigenvalue weighted by atomic mass is 10.1. The summed E-state index contributed by atoms with van der Waals surface area (Å²) in [6.45, 7) is 1.37. The van der Waals surface area contributed by atoms with Crippen molar-refractivity contribution in [2.75, 3.05) is 5.32 Å². The van der Waals surface area contributed by atoms with Crippen LogP contribution >= 0.6 is 0 Å². The maximum Gasteiger partial charge on any atom is 0.221 e. The van der Waals surface area contributed by atoms with Crippen LogP contribution in [0.2, 0.25) is 0 Å². The van der Waals surface area contributed by atoms with Crippen LogP contribution in [0.1, 0.15) is 18.1 Å². The van der Waals surface area contributed by atoms with Crippen LogP contribution in [-0.2, 0) is 11.4 Å². The van der Waals surface area contributed by atoms with Crippen molar-refractivity contribution in [3.05, 3.63) is 59.4 Å². The number of rotatable bonds is 4. The third kappa shape index (κ3) is 3.80. The Balaban J connectivity index is 2.17. The van der Waals surface area contributed by atoms with E-state index in [0.29, 0.717) is 17.0 Å². The van der Waals surface area contributed by atoms with Gasteiger partial charge in [0.15, 0.2) is 0 Å². The Morgan fingerprint density at radius 2 is 2.10 bits per heavy atom. The van der Waals surface area contributed by atoms with Crippen molar-refractivity contribution in [3.8, 4) is 11.8 Å². The molecule has 0 radical (unpaired) electrons. The first kappa shape index (κ1) is 14.5. The van der Waals surface area contributed by atoms with Crippen LogP contribution in [0.5, 0.6) is 5.75 Å². The molecule has 21 heavy (non-hydrogen) atoms. The van der Waals surface area contributed by atoms with Gasteiger partial charge in [0.05, 0.1) is 17.3 Å². The van der Waals surface area contributed by atoms with E-state index in [9.17, 15) is 9.18 Å². The Kier molecular flexibility index (Phi) is 4.52. The standard InChI is InChI=1S/C16H13FN2O2/c1-11(20)19-15-4-2-3-5-16(15)21-10-13-8-12(9-18)6-7-14(13)17/h2-8H,10H2,1H3,(H,19,20). The van der Waals surface area contributed by atoms with E-state index in [0.717, 1.165) is 0 Å². The van der Waals surface area contributed by atoms with E-state index >= 15 is 0 Å². The number of nitrogens with one attached hydrogen (secondary N) is 1. The number of nitrogens with zero attached hydrogens (tertiary/aromatic N) is 1. The fourth-order valence-electron chi connectivity index (χ4n) is 1.80. The highest BCUT2D eigenvalue weighted by Crippen LogP contribution is 2.25. The molecular weight excluding hydrogens is 271 g/mol. The van der Waals surface area contributed by atoms with Gasteiger partial charge in [0.25, 0.3) is 0 Å². The van der Waals surface area contributed by atoms with Crippen LogP contribution < -0.4 is 10.1 Å². The number of carbonyl (C=O) groups excluding carboxylic acids is 1. The van der Waals surface area contributed by atoms with Gasteiger partial charge in [-0.15, -0.1) is 0 Å². The number of ether oxygens (including phenoxy) is 1. The van der Waals surface area contributed by atoms with Crippen molar-refractivity contribution in [3.63, 3.8) is 0 Å². The van der Waals surface area contributed by atoms with Gasteiger partial charge < -0.3 is 10.1 Å². The molecule has 2 aromatic carbocycles. The van der Waals surface area contributed by atoms with Gasteiger partial charge in [0.1, 0.15) is 18.2 Å². The maximum atomic E-state index is 13.7. The summed E-state index contributed by atoms with van der Waals surface area (Å²) in [5.41, 5.74) is 1.17. The van der Waals surface area contributed by atoms with Crippen LogP contribution in [0.4, 0.5) is 10.1 Å². The van der Waals surface area contributed by atoms with Crippen LogP contribution in [0.25, 0.3) is 0 Å². The molecule has 2 rings (SSSR count). The van der Waals surface area contributed by atoms with Crippen molar-refractivity contribution in [2.24, 2.45) is 0 Å². The molecule has 5 heteroatoms. The molecule has 0 aliphatic heterocycles. The molecule has 0 fully saturated rings. The van der Waals surface area contributed by atoms with Crippen LogP contribution in [0, 0.1) is 17.1 Å². The zero-order chi connectivity index (χ0) is 15.2. The molecule has 0 aromatic heterocycles. The summed E-state index contributed by atoms with van der Waals surface area (Å²) >= 11 is 0. The van der Waals surface area contributed by atoms with E-state index in [1.165, 1.54) is 25.1 Å². The average Bonchev–Trinajstić information content (AvgIpc) is 2.47. The number of hydrogen-bond donors (Lipinski definition) is 1. The maximum absolute atomic E-state index is 13.7. The molecule has 4 nitrogen and oxygen atoms in total. The fourth-order valence-corrected chi connectivity index (χ4v) is 1.80. The van der Waals surface area contributed by atoms with Crippen molar-refractivity contribution in [1.29, 1.82) is 5.26 Å². The Labute approximate surface area is 121 Å². The summed E-state index contributed by atoms with van der Waals surface area (Å²) in [5, 5.41) is 11.5.